The molecule has 0 unspecified atom stereocenters. The summed E-state index contributed by atoms with van der Waals surface area (Å²) in [6, 6.07) is 0.427. The molecule has 5 aliphatic rings. The van der Waals surface area contributed by atoms with Crippen LogP contribution in [0.4, 0.5) is 0 Å². The van der Waals surface area contributed by atoms with Crippen LogP contribution in [-0.4, -0.2) is 39.8 Å². The van der Waals surface area contributed by atoms with Crippen molar-refractivity contribution < 1.29 is 4.79 Å². The number of carbonyl (C=O) groups is 1. The molecule has 1 amide bonds. The molecule has 2 atom stereocenters. The molecule has 1 aromatic rings. The van der Waals surface area contributed by atoms with Gasteiger partial charge in [0.15, 0.2) is 0 Å². The van der Waals surface area contributed by atoms with Gasteiger partial charge in [-0.3, -0.25) is 9.69 Å². The molecule has 4 heterocycles. The van der Waals surface area contributed by atoms with Crippen LogP contribution >= 0.6 is 0 Å². The first-order valence-corrected chi connectivity index (χ1v) is 12.2. The molecule has 29 heavy (non-hydrogen) atoms. The fourth-order valence-electron chi connectivity index (χ4n) is 7.84. The zero-order valence-corrected chi connectivity index (χ0v) is 17.9. The molecule has 0 bridgehead atoms. The zero-order valence-electron chi connectivity index (χ0n) is 17.9. The lowest BCUT2D eigenvalue weighted by Crippen LogP contribution is -2.66. The molecular formula is C25H35N3O. The average molecular weight is 394 g/mol. The maximum atomic E-state index is 13.8. The number of carbonyl (C=O) groups excluding carboxylic acids is 1. The third-order valence-corrected chi connectivity index (χ3v) is 9.02. The van der Waals surface area contributed by atoms with Crippen molar-refractivity contribution in [3.8, 4) is 0 Å². The van der Waals surface area contributed by atoms with Crippen molar-refractivity contribution in [2.24, 2.45) is 5.41 Å². The van der Waals surface area contributed by atoms with E-state index in [-0.39, 0.29) is 11.1 Å². The minimum absolute atomic E-state index is 0.0474. The number of fused-ring (bicyclic) bond motifs is 3. The number of nitrogens with one attached hydrogen (secondary N) is 1. The van der Waals surface area contributed by atoms with E-state index in [0.717, 1.165) is 45.2 Å². The van der Waals surface area contributed by atoms with E-state index in [2.05, 4.69) is 33.9 Å². The highest BCUT2D eigenvalue weighted by Gasteiger charge is 2.68. The molecule has 2 saturated heterocycles. The van der Waals surface area contributed by atoms with Gasteiger partial charge in [-0.1, -0.05) is 38.3 Å². The topological polar surface area (TPSA) is 39.3 Å². The predicted octanol–water partition coefficient (Wildman–Crippen LogP) is 3.14. The Morgan fingerprint density at radius 2 is 1.93 bits per heavy atom. The first-order chi connectivity index (χ1) is 14.2. The molecule has 4 heteroatoms. The third-order valence-electron chi connectivity index (χ3n) is 9.02. The van der Waals surface area contributed by atoms with Crippen molar-refractivity contribution >= 4 is 18.1 Å². The fourth-order valence-corrected chi connectivity index (χ4v) is 7.84. The van der Waals surface area contributed by atoms with Crippen LogP contribution < -0.4 is 10.6 Å². The number of likely N-dealkylation sites (tertiary alicyclic amines) is 1. The van der Waals surface area contributed by atoms with Crippen LogP contribution in [0, 0.1) is 5.41 Å². The van der Waals surface area contributed by atoms with Crippen molar-refractivity contribution in [2.45, 2.75) is 95.7 Å². The number of H-pyrrole nitrogens is 1. The SMILES string of the molecule is CC[C@@]12CCCCN3CCc4c([nH]c5c4=CCCC=5)[C@]31N(C1CCCC1)C(=O)C2. The van der Waals surface area contributed by atoms with Crippen molar-refractivity contribution in [1.82, 2.24) is 14.8 Å². The average Bonchev–Trinajstić information content (AvgIpc) is 3.41. The number of hydrogen-bond donors (Lipinski definition) is 1. The van der Waals surface area contributed by atoms with Crippen LogP contribution in [0.2, 0.25) is 0 Å². The van der Waals surface area contributed by atoms with Gasteiger partial charge in [-0.15, -0.1) is 0 Å². The Balaban J connectivity index is 1.68. The van der Waals surface area contributed by atoms with Gasteiger partial charge in [0.05, 0.1) is 5.69 Å². The highest BCUT2D eigenvalue weighted by atomic mass is 16.2. The molecular weight excluding hydrogens is 358 g/mol. The van der Waals surface area contributed by atoms with E-state index in [1.54, 1.807) is 0 Å². The van der Waals surface area contributed by atoms with Gasteiger partial charge in [0.1, 0.15) is 5.66 Å². The lowest BCUT2D eigenvalue weighted by Gasteiger charge is -2.57. The second-order valence-electron chi connectivity index (χ2n) is 10.2. The molecule has 1 aromatic heterocycles. The van der Waals surface area contributed by atoms with Crippen LogP contribution in [0.5, 0.6) is 0 Å². The molecule has 1 saturated carbocycles. The van der Waals surface area contributed by atoms with Crippen LogP contribution in [0.1, 0.15) is 88.8 Å². The summed E-state index contributed by atoms with van der Waals surface area (Å²) in [7, 11) is 0. The molecule has 2 aliphatic carbocycles. The highest BCUT2D eigenvalue weighted by Crippen LogP contribution is 2.62. The largest absolute Gasteiger partial charge is 0.355 e. The number of amides is 1. The summed E-state index contributed by atoms with van der Waals surface area (Å²) in [4.78, 5) is 22.9. The summed E-state index contributed by atoms with van der Waals surface area (Å²) in [6.07, 6.45) is 18.7. The Morgan fingerprint density at radius 3 is 2.76 bits per heavy atom. The Kier molecular flexibility index (Phi) is 4.07. The minimum Gasteiger partial charge on any atom is -0.355 e. The summed E-state index contributed by atoms with van der Waals surface area (Å²) >= 11 is 0. The van der Waals surface area contributed by atoms with Gasteiger partial charge >= 0.3 is 0 Å². The van der Waals surface area contributed by atoms with Crippen molar-refractivity contribution in [2.75, 3.05) is 13.1 Å². The van der Waals surface area contributed by atoms with Crippen molar-refractivity contribution in [1.29, 1.82) is 0 Å². The maximum Gasteiger partial charge on any atom is 0.225 e. The fraction of sp³-hybridized carbons (Fsp3) is 0.720. The molecule has 6 rings (SSSR count). The van der Waals surface area contributed by atoms with Gasteiger partial charge in [-0.2, -0.15) is 0 Å². The van der Waals surface area contributed by atoms with Crippen LogP contribution in [0.15, 0.2) is 0 Å². The van der Waals surface area contributed by atoms with Gasteiger partial charge < -0.3 is 9.88 Å². The van der Waals surface area contributed by atoms with Gasteiger partial charge in [0.2, 0.25) is 5.91 Å². The Bertz CT molecular complexity index is 955. The predicted molar refractivity (Wildman–Crippen MR) is 115 cm³/mol. The molecule has 4 nitrogen and oxygen atoms in total. The van der Waals surface area contributed by atoms with E-state index in [1.165, 1.54) is 66.8 Å². The van der Waals surface area contributed by atoms with Crippen LogP contribution in [0.3, 0.4) is 0 Å². The first kappa shape index (κ1) is 18.2. The Hall–Kier alpha value is -1.55. The summed E-state index contributed by atoms with van der Waals surface area (Å²) in [5, 5.41) is 2.79. The number of aromatic nitrogens is 1. The minimum atomic E-state index is -0.239. The van der Waals surface area contributed by atoms with E-state index >= 15 is 0 Å². The zero-order chi connectivity index (χ0) is 19.6. The summed E-state index contributed by atoms with van der Waals surface area (Å²) in [6.45, 7) is 4.59. The van der Waals surface area contributed by atoms with Crippen LogP contribution in [0.25, 0.3) is 12.2 Å². The first-order valence-electron chi connectivity index (χ1n) is 12.2. The van der Waals surface area contributed by atoms with E-state index < -0.39 is 0 Å². The molecule has 156 valence electrons. The van der Waals surface area contributed by atoms with E-state index in [1.807, 2.05) is 0 Å². The number of rotatable bonds is 2. The molecule has 0 aromatic carbocycles. The number of hydrogen-bond acceptors (Lipinski definition) is 2. The number of aromatic amines is 1. The summed E-state index contributed by atoms with van der Waals surface area (Å²) in [5.41, 5.74) is 2.75. The van der Waals surface area contributed by atoms with Crippen LogP contribution in [-0.2, 0) is 16.9 Å². The molecule has 1 N–H and O–H groups in total. The standard InChI is InChI=1S/C25H35N3O/c1-2-24-14-7-8-15-27-16-13-20-19-11-5-6-12-21(19)26-23(20)25(24,27)28(22(29)17-24)18-9-3-4-10-18/h11-12,18,26H,2-10,13-17H2,1H3/t24-,25+/m0/s1. The van der Waals surface area contributed by atoms with E-state index in [9.17, 15) is 4.79 Å². The molecule has 0 radical (unpaired) electrons. The van der Waals surface area contributed by atoms with Crippen molar-refractivity contribution in [3.63, 3.8) is 0 Å². The van der Waals surface area contributed by atoms with Gasteiger partial charge in [0.25, 0.3) is 0 Å². The lowest BCUT2D eigenvalue weighted by molar-refractivity contribution is -0.157. The Morgan fingerprint density at radius 1 is 1.10 bits per heavy atom. The normalized spacial score (nSPS) is 34.7. The Labute approximate surface area is 174 Å². The molecule has 3 fully saturated rings. The third kappa shape index (κ3) is 2.22. The van der Waals surface area contributed by atoms with E-state index in [0.29, 0.717) is 11.9 Å². The van der Waals surface area contributed by atoms with Crippen molar-refractivity contribution in [3.05, 3.63) is 21.8 Å². The highest BCUT2D eigenvalue weighted by molar-refractivity contribution is 5.82. The second kappa shape index (κ2) is 6.47. The smallest absolute Gasteiger partial charge is 0.225 e. The lowest BCUT2D eigenvalue weighted by atomic mass is 9.66. The quantitative estimate of drug-likeness (QED) is 0.838. The summed E-state index contributed by atoms with van der Waals surface area (Å²) in [5.74, 6) is 0.430. The van der Waals surface area contributed by atoms with E-state index in [4.69, 9.17) is 0 Å². The molecule has 3 aliphatic heterocycles. The van der Waals surface area contributed by atoms with Gasteiger partial charge in [0, 0.05) is 36.3 Å². The maximum absolute atomic E-state index is 13.8. The van der Waals surface area contributed by atoms with Gasteiger partial charge in [-0.25, -0.2) is 0 Å². The second-order valence-corrected chi connectivity index (χ2v) is 10.2. The summed E-state index contributed by atoms with van der Waals surface area (Å²) < 4.78 is 0. The molecule has 1 spiro atoms. The monoisotopic (exact) mass is 393 g/mol. The van der Waals surface area contributed by atoms with Gasteiger partial charge in [-0.05, 0) is 62.1 Å². The number of nitrogens with zero attached hydrogens (tertiary/aromatic N) is 2.